The number of rotatable bonds is 2. The quantitative estimate of drug-likeness (QED) is 0.739. The number of ether oxygens (including phenoxy) is 1. The zero-order chi connectivity index (χ0) is 12.6. The van der Waals surface area contributed by atoms with Gasteiger partial charge >= 0.3 is 0 Å². The zero-order valence-corrected chi connectivity index (χ0v) is 11.1. The summed E-state index contributed by atoms with van der Waals surface area (Å²) in [5.41, 5.74) is 1.69. The molecule has 0 aromatic heterocycles. The molecule has 1 aliphatic carbocycles. The molecule has 2 rings (SSSR count). The minimum absolute atomic E-state index is 0.0929. The summed E-state index contributed by atoms with van der Waals surface area (Å²) in [7, 11) is 1.55. The van der Waals surface area contributed by atoms with Crippen molar-refractivity contribution in [2.24, 2.45) is 0 Å². The summed E-state index contributed by atoms with van der Waals surface area (Å²) in [6.45, 7) is 6.23. The lowest BCUT2D eigenvalue weighted by Crippen LogP contribution is -2.17. The van der Waals surface area contributed by atoms with Crippen LogP contribution in [0.4, 0.5) is 4.39 Å². The van der Waals surface area contributed by atoms with Crippen molar-refractivity contribution in [1.29, 1.82) is 0 Å². The molecule has 0 bridgehead atoms. The van der Waals surface area contributed by atoms with E-state index in [0.717, 1.165) is 24.0 Å². The maximum absolute atomic E-state index is 14.4. The largest absolute Gasteiger partial charge is 0.493 e. The SMILES string of the molecule is COc1c(C(C)(C)C)ccc(C2CCC2)c1F. The van der Waals surface area contributed by atoms with Gasteiger partial charge in [-0.1, -0.05) is 39.3 Å². The number of benzene rings is 1. The molecule has 0 N–H and O–H groups in total. The lowest BCUT2D eigenvalue weighted by atomic mass is 9.78. The van der Waals surface area contributed by atoms with Crippen LogP contribution >= 0.6 is 0 Å². The van der Waals surface area contributed by atoms with Gasteiger partial charge in [-0.15, -0.1) is 0 Å². The van der Waals surface area contributed by atoms with Crippen molar-refractivity contribution in [3.05, 3.63) is 29.1 Å². The first-order valence-corrected chi connectivity index (χ1v) is 6.32. The first kappa shape index (κ1) is 12.4. The molecule has 1 nitrogen and oxygen atoms in total. The van der Waals surface area contributed by atoms with Crippen LogP contribution in [0.2, 0.25) is 0 Å². The monoisotopic (exact) mass is 236 g/mol. The molecule has 94 valence electrons. The van der Waals surface area contributed by atoms with E-state index in [9.17, 15) is 4.39 Å². The second-order valence-corrected chi connectivity index (χ2v) is 5.93. The van der Waals surface area contributed by atoms with Crippen molar-refractivity contribution in [3.63, 3.8) is 0 Å². The molecule has 0 unspecified atom stereocenters. The molecule has 17 heavy (non-hydrogen) atoms. The third-order valence-corrected chi connectivity index (χ3v) is 3.68. The molecule has 2 heteroatoms. The summed E-state index contributed by atoms with van der Waals surface area (Å²) in [6.07, 6.45) is 3.43. The fourth-order valence-corrected chi connectivity index (χ4v) is 2.40. The van der Waals surface area contributed by atoms with Crippen LogP contribution < -0.4 is 4.74 Å². The predicted molar refractivity (Wildman–Crippen MR) is 68.2 cm³/mol. The standard InChI is InChI=1S/C15H21FO/c1-15(2,3)12-9-8-11(10-6-5-7-10)13(16)14(12)17-4/h8-10H,5-7H2,1-4H3. The summed E-state index contributed by atoms with van der Waals surface area (Å²) in [4.78, 5) is 0. The maximum atomic E-state index is 14.4. The molecular formula is C15H21FO. The Kier molecular flexibility index (Phi) is 3.15. The lowest BCUT2D eigenvalue weighted by Gasteiger charge is -2.29. The molecule has 0 atom stereocenters. The summed E-state index contributed by atoms with van der Waals surface area (Å²) in [6, 6.07) is 3.97. The molecule has 1 fully saturated rings. The van der Waals surface area contributed by atoms with Gasteiger partial charge in [0.25, 0.3) is 0 Å². The Morgan fingerprint density at radius 3 is 2.29 bits per heavy atom. The highest BCUT2D eigenvalue weighted by Crippen LogP contribution is 2.42. The van der Waals surface area contributed by atoms with Crippen molar-refractivity contribution >= 4 is 0 Å². The first-order chi connectivity index (χ1) is 7.95. The van der Waals surface area contributed by atoms with E-state index < -0.39 is 0 Å². The number of hydrogen-bond acceptors (Lipinski definition) is 1. The minimum atomic E-state index is -0.148. The van der Waals surface area contributed by atoms with Gasteiger partial charge in [-0.2, -0.15) is 0 Å². The number of halogens is 1. The Bertz CT molecular complexity index is 414. The van der Waals surface area contributed by atoms with Gasteiger partial charge in [-0.3, -0.25) is 0 Å². The second kappa shape index (κ2) is 4.32. The van der Waals surface area contributed by atoms with Gasteiger partial charge in [-0.25, -0.2) is 4.39 Å². The van der Waals surface area contributed by atoms with Crippen molar-refractivity contribution in [1.82, 2.24) is 0 Å². The normalized spacial score (nSPS) is 16.8. The highest BCUT2D eigenvalue weighted by atomic mass is 19.1. The van der Waals surface area contributed by atoms with E-state index >= 15 is 0 Å². The van der Waals surface area contributed by atoms with Gasteiger partial charge in [0, 0.05) is 5.56 Å². The van der Waals surface area contributed by atoms with Crippen LogP contribution in [-0.2, 0) is 5.41 Å². The predicted octanol–water partition coefficient (Wildman–Crippen LogP) is 4.40. The van der Waals surface area contributed by atoms with Crippen molar-refractivity contribution in [2.75, 3.05) is 7.11 Å². The second-order valence-electron chi connectivity index (χ2n) is 5.93. The molecule has 0 amide bonds. The molecule has 1 aromatic rings. The van der Waals surface area contributed by atoms with E-state index in [1.807, 2.05) is 12.1 Å². The molecule has 0 aliphatic heterocycles. The minimum Gasteiger partial charge on any atom is -0.493 e. The van der Waals surface area contributed by atoms with Crippen LogP contribution in [0.1, 0.15) is 57.1 Å². The summed E-state index contributed by atoms with van der Waals surface area (Å²) in [5, 5.41) is 0. The van der Waals surface area contributed by atoms with Gasteiger partial charge in [-0.05, 0) is 29.7 Å². The molecule has 1 aliphatic rings. The van der Waals surface area contributed by atoms with Crippen LogP contribution in [0.3, 0.4) is 0 Å². The molecular weight excluding hydrogens is 215 g/mol. The van der Waals surface area contributed by atoms with Crippen LogP contribution in [-0.4, -0.2) is 7.11 Å². The van der Waals surface area contributed by atoms with Gasteiger partial charge in [0.1, 0.15) is 0 Å². The third-order valence-electron chi connectivity index (χ3n) is 3.68. The molecule has 0 heterocycles. The lowest BCUT2D eigenvalue weighted by molar-refractivity contribution is 0.354. The van der Waals surface area contributed by atoms with Gasteiger partial charge in [0.15, 0.2) is 11.6 Å². The van der Waals surface area contributed by atoms with Crippen molar-refractivity contribution in [3.8, 4) is 5.75 Å². The molecule has 1 saturated carbocycles. The first-order valence-electron chi connectivity index (χ1n) is 6.32. The number of methoxy groups -OCH3 is 1. The Morgan fingerprint density at radius 2 is 1.88 bits per heavy atom. The van der Waals surface area contributed by atoms with E-state index in [2.05, 4.69) is 20.8 Å². The van der Waals surface area contributed by atoms with Crippen molar-refractivity contribution < 1.29 is 9.13 Å². The summed E-state index contributed by atoms with van der Waals surface area (Å²) in [5.74, 6) is 0.685. The summed E-state index contributed by atoms with van der Waals surface area (Å²) >= 11 is 0. The molecule has 0 saturated heterocycles. The molecule has 0 radical (unpaired) electrons. The van der Waals surface area contributed by atoms with Gasteiger partial charge < -0.3 is 4.74 Å². The van der Waals surface area contributed by atoms with E-state index in [4.69, 9.17) is 4.74 Å². The fraction of sp³-hybridized carbons (Fsp3) is 0.600. The average molecular weight is 236 g/mol. The van der Waals surface area contributed by atoms with Gasteiger partial charge in [0.2, 0.25) is 0 Å². The maximum Gasteiger partial charge on any atom is 0.168 e. The van der Waals surface area contributed by atoms with Crippen LogP contribution in [0.15, 0.2) is 12.1 Å². The van der Waals surface area contributed by atoms with Crippen LogP contribution in [0.5, 0.6) is 5.75 Å². The topological polar surface area (TPSA) is 9.23 Å². The third kappa shape index (κ3) is 2.18. The molecule has 0 spiro atoms. The van der Waals surface area contributed by atoms with Crippen LogP contribution in [0.25, 0.3) is 0 Å². The Hall–Kier alpha value is -1.05. The number of hydrogen-bond donors (Lipinski definition) is 0. The van der Waals surface area contributed by atoms with Crippen molar-refractivity contribution in [2.45, 2.75) is 51.4 Å². The molecule has 1 aromatic carbocycles. The Morgan fingerprint density at radius 1 is 1.24 bits per heavy atom. The van der Waals surface area contributed by atoms with Crippen LogP contribution in [0, 0.1) is 5.82 Å². The van der Waals surface area contributed by atoms with Gasteiger partial charge in [0.05, 0.1) is 7.11 Å². The van der Waals surface area contributed by atoms with E-state index in [0.29, 0.717) is 11.7 Å². The Labute approximate surface area is 103 Å². The highest BCUT2D eigenvalue weighted by molar-refractivity contribution is 5.44. The highest BCUT2D eigenvalue weighted by Gasteiger charge is 2.28. The average Bonchev–Trinajstić information content (AvgIpc) is 2.16. The van der Waals surface area contributed by atoms with E-state index in [1.165, 1.54) is 6.42 Å². The smallest absolute Gasteiger partial charge is 0.168 e. The van der Waals surface area contributed by atoms with E-state index in [1.54, 1.807) is 7.11 Å². The zero-order valence-electron chi connectivity index (χ0n) is 11.1. The summed E-state index contributed by atoms with van der Waals surface area (Å²) < 4.78 is 19.7. The van der Waals surface area contributed by atoms with E-state index in [-0.39, 0.29) is 11.2 Å². The Balaban J connectivity index is 2.48. The fourth-order valence-electron chi connectivity index (χ4n) is 2.40.